The maximum absolute atomic E-state index is 13.3. The van der Waals surface area contributed by atoms with Crippen molar-refractivity contribution in [2.24, 2.45) is 0 Å². The molecule has 0 spiro atoms. The second-order valence-corrected chi connectivity index (χ2v) is 5.50. The number of nitrogens with zero attached hydrogens (tertiary/aromatic N) is 5. The van der Waals surface area contributed by atoms with E-state index in [4.69, 9.17) is 9.15 Å². The fourth-order valence-corrected chi connectivity index (χ4v) is 2.76. The van der Waals surface area contributed by atoms with E-state index in [-0.39, 0.29) is 5.82 Å². The molecular weight excluding hydrogens is 313 g/mol. The van der Waals surface area contributed by atoms with E-state index in [1.807, 2.05) is 11.0 Å². The quantitative estimate of drug-likeness (QED) is 0.729. The summed E-state index contributed by atoms with van der Waals surface area (Å²) >= 11 is 0. The highest BCUT2D eigenvalue weighted by Gasteiger charge is 2.22. The average molecular weight is 329 g/mol. The van der Waals surface area contributed by atoms with Gasteiger partial charge in [0.05, 0.1) is 7.11 Å². The predicted octanol–water partition coefficient (Wildman–Crippen LogP) is 2.09. The lowest BCUT2D eigenvalue weighted by molar-refractivity contribution is 0.396. The lowest BCUT2D eigenvalue weighted by atomic mass is 10.3. The maximum Gasteiger partial charge on any atom is 0.298 e. The van der Waals surface area contributed by atoms with Crippen molar-refractivity contribution in [1.82, 2.24) is 15.0 Å². The summed E-state index contributed by atoms with van der Waals surface area (Å²) < 4.78 is 24.1. The Balaban J connectivity index is 1.48. The van der Waals surface area contributed by atoms with Crippen molar-refractivity contribution in [3.63, 3.8) is 0 Å². The monoisotopic (exact) mass is 329 g/mol. The van der Waals surface area contributed by atoms with Gasteiger partial charge in [0, 0.05) is 38.3 Å². The summed E-state index contributed by atoms with van der Waals surface area (Å²) in [7, 11) is 1.58. The summed E-state index contributed by atoms with van der Waals surface area (Å²) in [5.74, 6) is 1.05. The minimum absolute atomic E-state index is 0.326. The maximum atomic E-state index is 13.3. The van der Waals surface area contributed by atoms with E-state index in [0.717, 1.165) is 32.0 Å². The highest BCUT2D eigenvalue weighted by Crippen LogP contribution is 2.24. The summed E-state index contributed by atoms with van der Waals surface area (Å²) in [4.78, 5) is 16.9. The number of methoxy groups -OCH3 is 1. The van der Waals surface area contributed by atoms with Crippen molar-refractivity contribution in [2.75, 3.05) is 43.1 Å². The molecule has 1 saturated heterocycles. The van der Waals surface area contributed by atoms with Crippen LogP contribution < -0.4 is 14.5 Å². The number of rotatable bonds is 3. The summed E-state index contributed by atoms with van der Waals surface area (Å²) in [6, 6.07) is 6.71. The first-order valence-corrected chi connectivity index (χ1v) is 7.65. The molecule has 3 heterocycles. The summed E-state index contributed by atoms with van der Waals surface area (Å²) in [6.07, 6.45) is 1.50. The Morgan fingerprint density at radius 1 is 1.08 bits per heavy atom. The molecule has 3 aromatic rings. The van der Waals surface area contributed by atoms with Gasteiger partial charge in [-0.1, -0.05) is 0 Å². The zero-order valence-electron chi connectivity index (χ0n) is 13.1. The van der Waals surface area contributed by atoms with Crippen LogP contribution in [-0.4, -0.2) is 48.2 Å². The SMILES string of the molecule is COc1cc(N2CCN(c3nc4ccc(F)cc4o3)CC2)ncn1. The lowest BCUT2D eigenvalue weighted by Gasteiger charge is -2.34. The van der Waals surface area contributed by atoms with Crippen molar-refractivity contribution in [1.29, 1.82) is 0 Å². The van der Waals surface area contributed by atoms with E-state index >= 15 is 0 Å². The lowest BCUT2D eigenvalue weighted by Crippen LogP contribution is -2.47. The van der Waals surface area contributed by atoms with Gasteiger partial charge < -0.3 is 19.0 Å². The van der Waals surface area contributed by atoms with Gasteiger partial charge in [0.25, 0.3) is 6.01 Å². The van der Waals surface area contributed by atoms with Crippen LogP contribution in [0.2, 0.25) is 0 Å². The van der Waals surface area contributed by atoms with Crippen molar-refractivity contribution in [2.45, 2.75) is 0 Å². The van der Waals surface area contributed by atoms with E-state index in [1.54, 1.807) is 13.2 Å². The van der Waals surface area contributed by atoms with E-state index < -0.39 is 0 Å². The van der Waals surface area contributed by atoms with Gasteiger partial charge in [-0.15, -0.1) is 0 Å². The van der Waals surface area contributed by atoms with Crippen LogP contribution in [0.3, 0.4) is 0 Å². The standard InChI is InChI=1S/C16H16FN5O2/c1-23-15-9-14(18-10-19-15)21-4-6-22(7-5-21)16-20-12-3-2-11(17)8-13(12)24-16/h2-3,8-10H,4-7H2,1H3. The molecule has 1 fully saturated rings. The third kappa shape index (κ3) is 2.70. The smallest absolute Gasteiger partial charge is 0.298 e. The van der Waals surface area contributed by atoms with Gasteiger partial charge in [0.1, 0.15) is 23.5 Å². The molecule has 2 aromatic heterocycles. The Bertz CT molecular complexity index is 861. The molecule has 0 aliphatic carbocycles. The first-order chi connectivity index (χ1) is 11.7. The zero-order valence-corrected chi connectivity index (χ0v) is 13.1. The molecule has 4 rings (SSSR count). The average Bonchev–Trinajstić information content (AvgIpc) is 3.05. The van der Waals surface area contributed by atoms with Crippen molar-refractivity contribution >= 4 is 22.9 Å². The Labute approximate surface area is 137 Å². The van der Waals surface area contributed by atoms with E-state index in [1.165, 1.54) is 18.5 Å². The number of oxazole rings is 1. The van der Waals surface area contributed by atoms with Gasteiger partial charge >= 0.3 is 0 Å². The molecule has 7 nitrogen and oxygen atoms in total. The molecule has 0 amide bonds. The molecule has 124 valence electrons. The van der Waals surface area contributed by atoms with Gasteiger partial charge in [-0.2, -0.15) is 4.98 Å². The third-order valence-corrected chi connectivity index (χ3v) is 4.05. The number of ether oxygens (including phenoxy) is 1. The van der Waals surface area contributed by atoms with Gasteiger partial charge in [0.2, 0.25) is 5.88 Å². The number of halogens is 1. The minimum atomic E-state index is -0.326. The Morgan fingerprint density at radius 2 is 1.88 bits per heavy atom. The van der Waals surface area contributed by atoms with Crippen LogP contribution in [0.25, 0.3) is 11.1 Å². The second kappa shape index (κ2) is 5.95. The van der Waals surface area contributed by atoms with Gasteiger partial charge in [-0.3, -0.25) is 0 Å². The van der Waals surface area contributed by atoms with Crippen LogP contribution in [-0.2, 0) is 0 Å². The number of anilines is 2. The van der Waals surface area contributed by atoms with Crippen molar-refractivity contribution in [3.05, 3.63) is 36.4 Å². The third-order valence-electron chi connectivity index (χ3n) is 4.05. The fourth-order valence-electron chi connectivity index (χ4n) is 2.76. The van der Waals surface area contributed by atoms with Crippen LogP contribution in [0.5, 0.6) is 5.88 Å². The number of benzene rings is 1. The first kappa shape index (κ1) is 14.7. The van der Waals surface area contributed by atoms with Gasteiger partial charge in [0.15, 0.2) is 5.58 Å². The predicted molar refractivity (Wildman–Crippen MR) is 87.0 cm³/mol. The molecule has 0 bridgehead atoms. The van der Waals surface area contributed by atoms with Crippen LogP contribution in [0, 0.1) is 5.82 Å². The minimum Gasteiger partial charge on any atom is -0.481 e. The van der Waals surface area contributed by atoms with E-state index in [0.29, 0.717) is 23.0 Å². The Kier molecular flexibility index (Phi) is 3.64. The molecular formula is C16H16FN5O2. The van der Waals surface area contributed by atoms with Gasteiger partial charge in [-0.25, -0.2) is 14.4 Å². The highest BCUT2D eigenvalue weighted by atomic mass is 19.1. The first-order valence-electron chi connectivity index (χ1n) is 7.65. The number of fused-ring (bicyclic) bond motifs is 1. The number of hydrogen-bond donors (Lipinski definition) is 0. The number of aromatic nitrogens is 3. The molecule has 0 atom stereocenters. The highest BCUT2D eigenvalue weighted by molar-refractivity contribution is 5.74. The molecule has 0 unspecified atom stereocenters. The largest absolute Gasteiger partial charge is 0.481 e. The molecule has 0 saturated carbocycles. The van der Waals surface area contributed by atoms with Gasteiger partial charge in [-0.05, 0) is 12.1 Å². The molecule has 1 aliphatic rings. The van der Waals surface area contributed by atoms with Crippen LogP contribution in [0.1, 0.15) is 0 Å². The molecule has 24 heavy (non-hydrogen) atoms. The Morgan fingerprint density at radius 3 is 2.67 bits per heavy atom. The topological polar surface area (TPSA) is 67.5 Å². The summed E-state index contributed by atoms with van der Waals surface area (Å²) in [5.41, 5.74) is 1.13. The van der Waals surface area contributed by atoms with Crippen molar-refractivity contribution in [3.8, 4) is 5.88 Å². The Hall–Kier alpha value is -2.90. The van der Waals surface area contributed by atoms with E-state index in [2.05, 4.69) is 19.9 Å². The summed E-state index contributed by atoms with van der Waals surface area (Å²) in [6.45, 7) is 3.02. The second-order valence-electron chi connectivity index (χ2n) is 5.50. The molecule has 8 heteroatoms. The number of hydrogen-bond acceptors (Lipinski definition) is 7. The molecule has 0 N–H and O–H groups in total. The molecule has 1 aliphatic heterocycles. The normalized spacial score (nSPS) is 15.1. The fraction of sp³-hybridized carbons (Fsp3) is 0.312. The van der Waals surface area contributed by atoms with Crippen molar-refractivity contribution < 1.29 is 13.5 Å². The zero-order chi connectivity index (χ0) is 16.5. The van der Waals surface area contributed by atoms with Crippen LogP contribution in [0.15, 0.2) is 35.0 Å². The summed E-state index contributed by atoms with van der Waals surface area (Å²) in [5, 5.41) is 0. The molecule has 0 radical (unpaired) electrons. The molecule has 1 aromatic carbocycles. The van der Waals surface area contributed by atoms with E-state index in [9.17, 15) is 4.39 Å². The van der Waals surface area contributed by atoms with Crippen LogP contribution in [0.4, 0.5) is 16.2 Å². The van der Waals surface area contributed by atoms with Crippen LogP contribution >= 0.6 is 0 Å². The number of piperazine rings is 1.